The summed E-state index contributed by atoms with van der Waals surface area (Å²) in [6.07, 6.45) is -3.88. The normalized spacial score (nSPS) is 10.8. The van der Waals surface area contributed by atoms with Crippen molar-refractivity contribution in [1.29, 1.82) is 5.26 Å². The summed E-state index contributed by atoms with van der Waals surface area (Å²) in [7, 11) is 1.38. The van der Waals surface area contributed by atoms with E-state index in [1.165, 1.54) is 25.2 Å². The summed E-state index contributed by atoms with van der Waals surface area (Å²) in [4.78, 5) is 34.6. The molecule has 14 heteroatoms. The van der Waals surface area contributed by atoms with E-state index in [1.54, 1.807) is 6.07 Å². The Balaban J connectivity index is 1.83. The number of nitriles is 1. The molecule has 1 N–H and O–H groups in total. The Kier molecular flexibility index (Phi) is 8.72. The smallest absolute Gasteiger partial charge is 0.348 e. The number of nitrogens with zero attached hydrogens (tertiary/aromatic N) is 4. The van der Waals surface area contributed by atoms with E-state index in [-0.39, 0.29) is 45.8 Å². The number of aromatic nitrogens is 3. The van der Waals surface area contributed by atoms with Crippen molar-refractivity contribution in [3.63, 3.8) is 0 Å². The number of alkyl halides is 2. The maximum absolute atomic E-state index is 15.4. The number of benzene rings is 2. The van der Waals surface area contributed by atoms with Gasteiger partial charge in [-0.15, -0.1) is 0 Å². The number of esters is 1. The van der Waals surface area contributed by atoms with Crippen LogP contribution in [0.4, 0.5) is 13.2 Å². The molecule has 2 aromatic carbocycles. The molecule has 0 amide bonds. The molecule has 0 saturated carbocycles. The molecule has 3 rings (SSSR count). The highest BCUT2D eigenvalue weighted by Crippen LogP contribution is 2.36. The van der Waals surface area contributed by atoms with E-state index in [0.717, 1.165) is 21.4 Å². The van der Waals surface area contributed by atoms with Crippen molar-refractivity contribution in [2.45, 2.75) is 32.4 Å². The van der Waals surface area contributed by atoms with Gasteiger partial charge in [0.15, 0.2) is 18.3 Å². The number of carboxylic acids is 1. The van der Waals surface area contributed by atoms with Gasteiger partial charge in [-0.2, -0.15) is 15.0 Å². The average molecular weight is 583 g/mol. The first-order valence-electron chi connectivity index (χ1n) is 10.5. The predicted octanol–water partition coefficient (Wildman–Crippen LogP) is 4.04. The second-order valence-corrected chi connectivity index (χ2v) is 8.48. The lowest BCUT2D eigenvalue weighted by Crippen LogP contribution is -2.25. The Morgan fingerprint density at radius 1 is 1.24 bits per heavy atom. The number of halogens is 4. The monoisotopic (exact) mass is 582 g/mol. The standard InChI is InChI=1S/C23H18BrF3N4O6/c1-30-17(29-31(23(30)35)11-36-19(34)5-4-18(32)33)9-13-2-3-16(24)21(20(13)25)37-15-7-12(10-28)6-14(8-15)22(26)27/h2-3,6-8,22H,4-5,9,11H2,1H3,(H,32,33). The Bertz CT molecular complexity index is 1450. The Hall–Kier alpha value is -4.12. The van der Waals surface area contributed by atoms with Crippen molar-refractivity contribution in [2.24, 2.45) is 7.05 Å². The first kappa shape index (κ1) is 27.5. The van der Waals surface area contributed by atoms with Crippen molar-refractivity contribution >= 4 is 27.9 Å². The molecule has 0 bridgehead atoms. The number of ether oxygens (including phenoxy) is 2. The molecule has 0 aliphatic rings. The number of carbonyl (C=O) groups excluding carboxylic acids is 1. The zero-order valence-electron chi connectivity index (χ0n) is 19.1. The fourth-order valence-corrected chi connectivity index (χ4v) is 3.54. The number of hydrogen-bond acceptors (Lipinski definition) is 7. The lowest BCUT2D eigenvalue weighted by atomic mass is 10.1. The number of rotatable bonds is 10. The summed E-state index contributed by atoms with van der Waals surface area (Å²) in [6.45, 7) is -0.565. The molecule has 0 aliphatic heterocycles. The molecule has 1 heterocycles. The molecular weight excluding hydrogens is 565 g/mol. The van der Waals surface area contributed by atoms with E-state index in [9.17, 15) is 23.2 Å². The fraction of sp³-hybridized carbons (Fsp3) is 0.261. The molecule has 1 aromatic heterocycles. The molecule has 0 spiro atoms. The van der Waals surface area contributed by atoms with Crippen LogP contribution in [0.5, 0.6) is 11.5 Å². The van der Waals surface area contributed by atoms with Gasteiger partial charge in [0.2, 0.25) is 0 Å². The molecule has 10 nitrogen and oxygen atoms in total. The third kappa shape index (κ3) is 6.76. The van der Waals surface area contributed by atoms with E-state index >= 15 is 4.39 Å². The molecule has 3 aromatic rings. The maximum Gasteiger partial charge on any atom is 0.348 e. The Morgan fingerprint density at radius 3 is 2.62 bits per heavy atom. The van der Waals surface area contributed by atoms with Crippen LogP contribution in [0, 0.1) is 17.1 Å². The van der Waals surface area contributed by atoms with E-state index in [1.807, 2.05) is 0 Å². The number of carboxylic acid groups (broad SMARTS) is 1. The summed E-state index contributed by atoms with van der Waals surface area (Å²) >= 11 is 3.15. The van der Waals surface area contributed by atoms with Gasteiger partial charge in [-0.3, -0.25) is 14.2 Å². The zero-order chi connectivity index (χ0) is 27.3. The maximum atomic E-state index is 15.4. The summed E-state index contributed by atoms with van der Waals surface area (Å²) in [5.74, 6) is -3.28. The summed E-state index contributed by atoms with van der Waals surface area (Å²) in [6, 6.07) is 7.78. The van der Waals surface area contributed by atoms with Crippen molar-refractivity contribution in [2.75, 3.05) is 0 Å². The molecule has 0 saturated heterocycles. The minimum atomic E-state index is -2.87. The number of aliphatic carboxylic acids is 1. The van der Waals surface area contributed by atoms with Crippen LogP contribution in [0.2, 0.25) is 0 Å². The Labute approximate surface area is 215 Å². The molecule has 0 radical (unpaired) electrons. The highest BCUT2D eigenvalue weighted by atomic mass is 79.9. The highest BCUT2D eigenvalue weighted by Gasteiger charge is 2.20. The van der Waals surface area contributed by atoms with Gasteiger partial charge in [0.1, 0.15) is 11.6 Å². The van der Waals surface area contributed by atoms with Crippen LogP contribution >= 0.6 is 15.9 Å². The van der Waals surface area contributed by atoms with E-state index in [0.29, 0.717) is 0 Å². The van der Waals surface area contributed by atoms with Crippen LogP contribution in [-0.2, 0) is 34.5 Å². The summed E-state index contributed by atoms with van der Waals surface area (Å²) < 4.78 is 54.2. The van der Waals surface area contributed by atoms with Crippen molar-refractivity contribution in [3.8, 4) is 17.6 Å². The van der Waals surface area contributed by atoms with Crippen molar-refractivity contribution < 1.29 is 37.3 Å². The van der Waals surface area contributed by atoms with Crippen LogP contribution in [-0.4, -0.2) is 31.4 Å². The molecule has 0 fully saturated rings. The van der Waals surface area contributed by atoms with Gasteiger partial charge < -0.3 is 14.6 Å². The van der Waals surface area contributed by atoms with Gasteiger partial charge in [-0.05, 0) is 45.8 Å². The molecule has 0 atom stereocenters. The number of carbonyl (C=O) groups is 2. The lowest BCUT2D eigenvalue weighted by Gasteiger charge is -2.13. The largest absolute Gasteiger partial charge is 0.481 e. The van der Waals surface area contributed by atoms with Crippen LogP contribution in [0.15, 0.2) is 39.6 Å². The lowest BCUT2D eigenvalue weighted by molar-refractivity contribution is -0.151. The van der Waals surface area contributed by atoms with Crippen LogP contribution in [0.3, 0.4) is 0 Å². The van der Waals surface area contributed by atoms with Crippen LogP contribution in [0.1, 0.15) is 41.8 Å². The zero-order valence-corrected chi connectivity index (χ0v) is 20.7. The number of hydrogen-bond donors (Lipinski definition) is 1. The quantitative estimate of drug-likeness (QED) is 0.354. The molecular formula is C23H18BrF3N4O6. The summed E-state index contributed by atoms with van der Waals surface area (Å²) in [5, 5.41) is 21.7. The van der Waals surface area contributed by atoms with Gasteiger partial charge in [0, 0.05) is 19.0 Å². The first-order chi connectivity index (χ1) is 17.5. The molecule has 0 unspecified atom stereocenters. The third-order valence-corrected chi connectivity index (χ3v) is 5.65. The van der Waals surface area contributed by atoms with E-state index < -0.39 is 48.6 Å². The average Bonchev–Trinajstić information content (AvgIpc) is 3.13. The van der Waals surface area contributed by atoms with Gasteiger partial charge >= 0.3 is 17.6 Å². The molecule has 194 valence electrons. The van der Waals surface area contributed by atoms with E-state index in [4.69, 9.17) is 19.8 Å². The minimum absolute atomic E-state index is 0.0439. The van der Waals surface area contributed by atoms with Gasteiger partial charge in [-0.25, -0.2) is 18.0 Å². The van der Waals surface area contributed by atoms with E-state index in [2.05, 4.69) is 21.0 Å². The third-order valence-electron chi connectivity index (χ3n) is 5.03. The van der Waals surface area contributed by atoms with Gasteiger partial charge in [-0.1, -0.05) is 6.07 Å². The predicted molar refractivity (Wildman–Crippen MR) is 124 cm³/mol. The molecule has 0 aliphatic carbocycles. The topological polar surface area (TPSA) is 136 Å². The molecule has 37 heavy (non-hydrogen) atoms. The van der Waals surface area contributed by atoms with Crippen molar-refractivity contribution in [3.05, 3.63) is 73.6 Å². The highest BCUT2D eigenvalue weighted by molar-refractivity contribution is 9.10. The van der Waals surface area contributed by atoms with Gasteiger partial charge in [0.25, 0.3) is 6.43 Å². The first-order valence-corrected chi connectivity index (χ1v) is 11.3. The van der Waals surface area contributed by atoms with Crippen LogP contribution in [0.25, 0.3) is 0 Å². The second-order valence-electron chi connectivity index (χ2n) is 7.63. The van der Waals surface area contributed by atoms with Crippen molar-refractivity contribution in [1.82, 2.24) is 14.3 Å². The summed E-state index contributed by atoms with van der Waals surface area (Å²) in [5.41, 5.74) is -1.18. The Morgan fingerprint density at radius 2 is 1.97 bits per heavy atom. The second kappa shape index (κ2) is 11.7. The fourth-order valence-electron chi connectivity index (χ4n) is 3.15. The SMILES string of the molecule is Cn1c(Cc2ccc(Br)c(Oc3cc(C#N)cc(C(F)F)c3)c2F)nn(COC(=O)CCC(=O)O)c1=O. The van der Waals surface area contributed by atoms with Gasteiger partial charge in [0.05, 0.1) is 28.9 Å². The minimum Gasteiger partial charge on any atom is -0.481 e. The van der Waals surface area contributed by atoms with Crippen LogP contribution < -0.4 is 10.4 Å².